The molecule has 0 aliphatic heterocycles. The normalized spacial score (nSPS) is 10.4. The third-order valence-electron chi connectivity index (χ3n) is 3.14. The van der Waals surface area contributed by atoms with E-state index in [0.717, 1.165) is 28.6 Å². The Kier molecular flexibility index (Phi) is 6.40. The van der Waals surface area contributed by atoms with E-state index in [9.17, 15) is 0 Å². The second-order valence-electron chi connectivity index (χ2n) is 4.68. The van der Waals surface area contributed by atoms with Crippen molar-refractivity contribution in [2.75, 3.05) is 13.7 Å². The molecule has 0 bridgehead atoms. The zero-order valence-corrected chi connectivity index (χ0v) is 14.3. The van der Waals surface area contributed by atoms with Gasteiger partial charge in [0.05, 0.1) is 18.2 Å². The van der Waals surface area contributed by atoms with Crippen molar-refractivity contribution in [1.29, 1.82) is 0 Å². The third kappa shape index (κ3) is 4.65. The van der Waals surface area contributed by atoms with E-state index < -0.39 is 0 Å². The van der Waals surface area contributed by atoms with E-state index in [4.69, 9.17) is 21.1 Å². The summed E-state index contributed by atoms with van der Waals surface area (Å²) in [4.78, 5) is 0. The minimum Gasteiger partial charge on any atom is -0.493 e. The van der Waals surface area contributed by atoms with Crippen LogP contribution in [0.3, 0.4) is 0 Å². The Morgan fingerprint density at radius 3 is 2.52 bits per heavy atom. The molecule has 4 heteroatoms. The van der Waals surface area contributed by atoms with Crippen molar-refractivity contribution < 1.29 is 9.47 Å². The van der Waals surface area contributed by atoms with E-state index in [1.54, 1.807) is 7.11 Å². The maximum Gasteiger partial charge on any atom is 0.175 e. The third-order valence-corrected chi connectivity index (χ3v) is 4.04. The van der Waals surface area contributed by atoms with Gasteiger partial charge in [0.15, 0.2) is 11.5 Å². The summed E-state index contributed by atoms with van der Waals surface area (Å²) in [5.74, 6) is 1.89. The number of ether oxygens (including phenoxy) is 2. The van der Waals surface area contributed by atoms with E-state index in [0.29, 0.717) is 18.2 Å². The molecule has 0 N–H and O–H groups in total. The summed E-state index contributed by atoms with van der Waals surface area (Å²) >= 11 is 9.37. The average molecular weight is 370 g/mol. The van der Waals surface area contributed by atoms with Crippen LogP contribution in [0.4, 0.5) is 0 Å². The molecule has 2 aromatic carbocycles. The van der Waals surface area contributed by atoms with Gasteiger partial charge in [-0.15, -0.1) is 11.6 Å². The van der Waals surface area contributed by atoms with Gasteiger partial charge in [-0.1, -0.05) is 30.3 Å². The maximum absolute atomic E-state index is 5.87. The first-order valence-electron chi connectivity index (χ1n) is 6.83. The Labute approximate surface area is 139 Å². The second kappa shape index (κ2) is 8.30. The molecule has 0 saturated carbocycles. The highest BCUT2D eigenvalue weighted by Crippen LogP contribution is 2.37. The minimum absolute atomic E-state index is 0.448. The van der Waals surface area contributed by atoms with Gasteiger partial charge in [0, 0.05) is 5.88 Å². The molecule has 0 aliphatic carbocycles. The van der Waals surface area contributed by atoms with E-state index >= 15 is 0 Å². The molecule has 2 nitrogen and oxygen atoms in total. The van der Waals surface area contributed by atoms with Crippen LogP contribution < -0.4 is 9.47 Å². The van der Waals surface area contributed by atoms with Gasteiger partial charge >= 0.3 is 0 Å². The van der Waals surface area contributed by atoms with Crippen molar-refractivity contribution in [3.63, 3.8) is 0 Å². The van der Waals surface area contributed by atoms with Crippen LogP contribution in [0.5, 0.6) is 11.5 Å². The van der Waals surface area contributed by atoms with Crippen LogP contribution in [0.1, 0.15) is 17.5 Å². The molecule has 0 saturated heterocycles. The SMILES string of the molecule is COc1cc(CCl)cc(Br)c1OCCCc1ccccc1. The summed E-state index contributed by atoms with van der Waals surface area (Å²) in [6.07, 6.45) is 1.96. The fourth-order valence-corrected chi connectivity index (χ4v) is 2.84. The molecular weight excluding hydrogens is 352 g/mol. The number of alkyl halides is 1. The molecule has 0 unspecified atom stereocenters. The minimum atomic E-state index is 0.448. The standard InChI is InChI=1S/C17H18BrClO2/c1-20-16-11-14(12-19)10-15(18)17(16)21-9-5-8-13-6-3-2-4-7-13/h2-4,6-7,10-11H,5,8-9,12H2,1H3. The van der Waals surface area contributed by atoms with E-state index in [-0.39, 0.29) is 0 Å². The first-order chi connectivity index (χ1) is 10.2. The number of aryl methyl sites for hydroxylation is 1. The summed E-state index contributed by atoms with van der Waals surface area (Å²) in [6, 6.07) is 14.3. The Hall–Kier alpha value is -1.19. The van der Waals surface area contributed by atoms with Crippen LogP contribution in [-0.2, 0) is 12.3 Å². The first kappa shape index (κ1) is 16.2. The molecule has 0 fully saturated rings. The van der Waals surface area contributed by atoms with Crippen molar-refractivity contribution in [2.24, 2.45) is 0 Å². The van der Waals surface area contributed by atoms with Gasteiger partial charge in [-0.25, -0.2) is 0 Å². The Morgan fingerprint density at radius 2 is 1.86 bits per heavy atom. The van der Waals surface area contributed by atoms with Crippen molar-refractivity contribution in [1.82, 2.24) is 0 Å². The van der Waals surface area contributed by atoms with Crippen LogP contribution >= 0.6 is 27.5 Å². The smallest absolute Gasteiger partial charge is 0.175 e. The van der Waals surface area contributed by atoms with Crippen molar-refractivity contribution in [3.8, 4) is 11.5 Å². The number of benzene rings is 2. The summed E-state index contributed by atoms with van der Waals surface area (Å²) in [7, 11) is 1.64. The van der Waals surface area contributed by atoms with E-state index in [1.165, 1.54) is 5.56 Å². The molecule has 21 heavy (non-hydrogen) atoms. The Balaban J connectivity index is 1.93. The molecule has 0 atom stereocenters. The maximum atomic E-state index is 5.87. The lowest BCUT2D eigenvalue weighted by atomic mass is 10.1. The number of halogens is 2. The summed E-state index contributed by atoms with van der Waals surface area (Å²) in [5, 5.41) is 0. The first-order valence-corrected chi connectivity index (χ1v) is 8.16. The van der Waals surface area contributed by atoms with E-state index in [1.807, 2.05) is 18.2 Å². The molecule has 0 spiro atoms. The molecule has 0 heterocycles. The molecule has 2 aromatic rings. The lowest BCUT2D eigenvalue weighted by molar-refractivity contribution is 0.287. The Bertz CT molecular complexity index is 573. The molecule has 0 aromatic heterocycles. The highest BCUT2D eigenvalue weighted by molar-refractivity contribution is 9.10. The molecule has 0 amide bonds. The highest BCUT2D eigenvalue weighted by Gasteiger charge is 2.11. The molecule has 0 aliphatic rings. The number of hydrogen-bond acceptors (Lipinski definition) is 2. The Morgan fingerprint density at radius 1 is 1.10 bits per heavy atom. The van der Waals surface area contributed by atoms with Crippen LogP contribution in [0.25, 0.3) is 0 Å². The van der Waals surface area contributed by atoms with Crippen LogP contribution in [0.15, 0.2) is 46.9 Å². The zero-order valence-electron chi connectivity index (χ0n) is 11.9. The van der Waals surface area contributed by atoms with Crippen LogP contribution in [-0.4, -0.2) is 13.7 Å². The summed E-state index contributed by atoms with van der Waals surface area (Å²) in [5.41, 5.74) is 2.32. The number of methoxy groups -OCH3 is 1. The van der Waals surface area contributed by atoms with Crippen molar-refractivity contribution in [2.45, 2.75) is 18.7 Å². The lowest BCUT2D eigenvalue weighted by Crippen LogP contribution is -2.02. The molecule has 0 radical (unpaired) electrons. The van der Waals surface area contributed by atoms with Gasteiger partial charge in [0.25, 0.3) is 0 Å². The van der Waals surface area contributed by atoms with Gasteiger partial charge < -0.3 is 9.47 Å². The van der Waals surface area contributed by atoms with Gasteiger partial charge in [0.1, 0.15) is 0 Å². The molecule has 2 rings (SSSR count). The molecular formula is C17H18BrClO2. The van der Waals surface area contributed by atoms with Gasteiger partial charge in [-0.3, -0.25) is 0 Å². The zero-order chi connectivity index (χ0) is 15.1. The van der Waals surface area contributed by atoms with Crippen molar-refractivity contribution in [3.05, 3.63) is 58.1 Å². The number of rotatable bonds is 7. The van der Waals surface area contributed by atoms with Gasteiger partial charge in [-0.2, -0.15) is 0 Å². The quantitative estimate of drug-likeness (QED) is 0.493. The largest absolute Gasteiger partial charge is 0.493 e. The fourth-order valence-electron chi connectivity index (χ4n) is 2.09. The van der Waals surface area contributed by atoms with Crippen molar-refractivity contribution >= 4 is 27.5 Å². The summed E-state index contributed by atoms with van der Waals surface area (Å²) in [6.45, 7) is 0.643. The fraction of sp³-hybridized carbons (Fsp3) is 0.294. The average Bonchev–Trinajstić information content (AvgIpc) is 2.53. The van der Waals surface area contributed by atoms with Crippen LogP contribution in [0, 0.1) is 0 Å². The topological polar surface area (TPSA) is 18.5 Å². The second-order valence-corrected chi connectivity index (χ2v) is 5.80. The summed E-state index contributed by atoms with van der Waals surface area (Å²) < 4.78 is 12.1. The van der Waals surface area contributed by atoms with E-state index in [2.05, 4.69) is 40.2 Å². The van der Waals surface area contributed by atoms with Crippen LogP contribution in [0.2, 0.25) is 0 Å². The predicted octanol–water partition coefficient (Wildman–Crippen LogP) is 5.21. The van der Waals surface area contributed by atoms with Gasteiger partial charge in [-0.05, 0) is 52.0 Å². The van der Waals surface area contributed by atoms with Gasteiger partial charge in [0.2, 0.25) is 0 Å². The highest BCUT2D eigenvalue weighted by atomic mass is 79.9. The monoisotopic (exact) mass is 368 g/mol. The number of hydrogen-bond donors (Lipinski definition) is 0. The lowest BCUT2D eigenvalue weighted by Gasteiger charge is -2.13. The molecule has 112 valence electrons. The predicted molar refractivity (Wildman–Crippen MR) is 90.5 cm³/mol.